The van der Waals surface area contributed by atoms with Crippen molar-refractivity contribution in [3.8, 4) is 0 Å². The van der Waals surface area contributed by atoms with Gasteiger partial charge in [0.05, 0.1) is 18.3 Å². The van der Waals surface area contributed by atoms with E-state index in [2.05, 4.69) is 5.32 Å². The molecule has 2 aromatic carbocycles. The third-order valence-corrected chi connectivity index (χ3v) is 4.13. The molecule has 21 heavy (non-hydrogen) atoms. The molecule has 0 saturated carbocycles. The molecule has 0 radical (unpaired) electrons. The molecule has 1 atom stereocenters. The molecule has 4 heteroatoms. The lowest BCUT2D eigenvalue weighted by Crippen LogP contribution is -2.47. The van der Waals surface area contributed by atoms with Crippen molar-refractivity contribution in [1.29, 1.82) is 0 Å². The highest BCUT2D eigenvalue weighted by atomic mass is 16.3. The number of hydrogen-bond donors (Lipinski definition) is 2. The summed E-state index contributed by atoms with van der Waals surface area (Å²) in [5, 5.41) is 14.6. The molecule has 0 unspecified atom stereocenters. The molecule has 0 aliphatic carbocycles. The second kappa shape index (κ2) is 6.14. The first-order chi connectivity index (χ1) is 10.3. The lowest BCUT2D eigenvalue weighted by molar-refractivity contribution is 0.115. The zero-order valence-corrected chi connectivity index (χ0v) is 12.0. The van der Waals surface area contributed by atoms with Crippen molar-refractivity contribution in [1.82, 2.24) is 4.90 Å². The summed E-state index contributed by atoms with van der Waals surface area (Å²) >= 11 is 0. The van der Waals surface area contributed by atoms with Gasteiger partial charge < -0.3 is 15.3 Å². The Balaban J connectivity index is 1.83. The number of hydrogen-bond acceptors (Lipinski definition) is 2. The molecule has 0 bridgehead atoms. The highest BCUT2D eigenvalue weighted by molar-refractivity contribution is 6.01. The number of urea groups is 1. The number of nitrogens with zero attached hydrogens (tertiary/aromatic N) is 1. The molecule has 2 N–H and O–H groups in total. The van der Waals surface area contributed by atoms with E-state index in [9.17, 15) is 9.90 Å². The minimum atomic E-state index is -0.120. The van der Waals surface area contributed by atoms with Crippen molar-refractivity contribution in [2.24, 2.45) is 0 Å². The molecule has 1 heterocycles. The molecule has 3 rings (SSSR count). The monoisotopic (exact) mass is 284 g/mol. The SMILES string of the molecule is O=C(Nc1cccc2ccccc12)N1CCCC[C@@H]1CO. The number of rotatable bonds is 2. The van der Waals surface area contributed by atoms with Gasteiger partial charge in [-0.25, -0.2) is 4.79 Å². The number of benzene rings is 2. The molecule has 110 valence electrons. The van der Waals surface area contributed by atoms with Gasteiger partial charge in [-0.3, -0.25) is 0 Å². The molecule has 2 amide bonds. The van der Waals surface area contributed by atoms with E-state index in [1.165, 1.54) is 0 Å². The first-order valence-electron chi connectivity index (χ1n) is 7.46. The maximum absolute atomic E-state index is 12.5. The molecular formula is C17H20N2O2. The number of likely N-dealkylation sites (tertiary alicyclic amines) is 1. The average Bonchev–Trinajstić information content (AvgIpc) is 2.55. The van der Waals surface area contributed by atoms with Gasteiger partial charge in [-0.2, -0.15) is 0 Å². The van der Waals surface area contributed by atoms with Crippen LogP contribution in [0.25, 0.3) is 10.8 Å². The van der Waals surface area contributed by atoms with Crippen molar-refractivity contribution in [2.75, 3.05) is 18.5 Å². The second-order valence-electron chi connectivity index (χ2n) is 5.48. The van der Waals surface area contributed by atoms with E-state index < -0.39 is 0 Å². The Kier molecular flexibility index (Phi) is 4.06. The first kappa shape index (κ1) is 13.9. The second-order valence-corrected chi connectivity index (χ2v) is 5.48. The van der Waals surface area contributed by atoms with Crippen LogP contribution in [0.5, 0.6) is 0 Å². The summed E-state index contributed by atoms with van der Waals surface area (Å²) in [5.74, 6) is 0. The molecule has 0 aromatic heterocycles. The van der Waals surface area contributed by atoms with E-state index in [0.717, 1.165) is 35.7 Å². The lowest BCUT2D eigenvalue weighted by Gasteiger charge is -2.34. The van der Waals surface area contributed by atoms with Crippen molar-refractivity contribution in [3.05, 3.63) is 42.5 Å². The predicted octanol–water partition coefficient (Wildman–Crippen LogP) is 3.22. The van der Waals surface area contributed by atoms with Crippen LogP contribution >= 0.6 is 0 Å². The summed E-state index contributed by atoms with van der Waals surface area (Å²) in [5.41, 5.74) is 0.820. The van der Waals surface area contributed by atoms with Crippen molar-refractivity contribution in [2.45, 2.75) is 25.3 Å². The van der Waals surface area contributed by atoms with Crippen LogP contribution in [0.1, 0.15) is 19.3 Å². The summed E-state index contributed by atoms with van der Waals surface area (Å²) < 4.78 is 0. The topological polar surface area (TPSA) is 52.6 Å². The Morgan fingerprint density at radius 1 is 1.19 bits per heavy atom. The highest BCUT2D eigenvalue weighted by Crippen LogP contribution is 2.24. The normalized spacial score (nSPS) is 18.7. The van der Waals surface area contributed by atoms with Crippen molar-refractivity contribution >= 4 is 22.5 Å². The number of piperidine rings is 1. The van der Waals surface area contributed by atoms with Gasteiger partial charge in [0.25, 0.3) is 0 Å². The van der Waals surface area contributed by atoms with E-state index in [1.54, 1.807) is 4.90 Å². The predicted molar refractivity (Wildman–Crippen MR) is 84.4 cm³/mol. The maximum Gasteiger partial charge on any atom is 0.322 e. The smallest absolute Gasteiger partial charge is 0.322 e. The van der Waals surface area contributed by atoms with Gasteiger partial charge >= 0.3 is 6.03 Å². The van der Waals surface area contributed by atoms with Crippen LogP contribution in [0.3, 0.4) is 0 Å². The maximum atomic E-state index is 12.5. The molecule has 1 aliphatic rings. The van der Waals surface area contributed by atoms with E-state index in [1.807, 2.05) is 42.5 Å². The number of carbonyl (C=O) groups is 1. The minimum Gasteiger partial charge on any atom is -0.394 e. The Bertz CT molecular complexity index is 636. The summed E-state index contributed by atoms with van der Waals surface area (Å²) in [4.78, 5) is 14.2. The number of nitrogens with one attached hydrogen (secondary N) is 1. The van der Waals surface area contributed by atoms with Gasteiger partial charge in [-0.05, 0) is 30.7 Å². The van der Waals surface area contributed by atoms with Crippen LogP contribution in [0, 0.1) is 0 Å². The van der Waals surface area contributed by atoms with Gasteiger partial charge in [-0.15, -0.1) is 0 Å². The van der Waals surface area contributed by atoms with Crippen LogP contribution in [0.2, 0.25) is 0 Å². The minimum absolute atomic E-state index is 0.0307. The summed E-state index contributed by atoms with van der Waals surface area (Å²) in [6, 6.07) is 13.7. The third kappa shape index (κ3) is 2.85. The van der Waals surface area contributed by atoms with E-state index in [0.29, 0.717) is 6.54 Å². The molecule has 2 aromatic rings. The Morgan fingerprint density at radius 3 is 2.86 bits per heavy atom. The zero-order chi connectivity index (χ0) is 14.7. The van der Waals surface area contributed by atoms with Crippen molar-refractivity contribution in [3.63, 3.8) is 0 Å². The van der Waals surface area contributed by atoms with Crippen molar-refractivity contribution < 1.29 is 9.90 Å². The molecule has 1 fully saturated rings. The Morgan fingerprint density at radius 2 is 2.00 bits per heavy atom. The van der Waals surface area contributed by atoms with Gasteiger partial charge in [0.1, 0.15) is 0 Å². The quantitative estimate of drug-likeness (QED) is 0.889. The summed E-state index contributed by atoms with van der Waals surface area (Å²) in [6.45, 7) is 0.741. The standard InChI is InChI=1S/C17H20N2O2/c20-12-14-8-3-4-11-19(14)17(21)18-16-10-5-7-13-6-1-2-9-15(13)16/h1-2,5-7,9-10,14,20H,3-4,8,11-12H2,(H,18,21)/t14-/m1/s1. The third-order valence-electron chi connectivity index (χ3n) is 4.13. The fraction of sp³-hybridized carbons (Fsp3) is 0.353. The highest BCUT2D eigenvalue weighted by Gasteiger charge is 2.26. The number of fused-ring (bicyclic) bond motifs is 1. The lowest BCUT2D eigenvalue weighted by atomic mass is 10.0. The number of carbonyl (C=O) groups excluding carboxylic acids is 1. The number of amides is 2. The van der Waals surface area contributed by atoms with Crippen LogP contribution in [0.4, 0.5) is 10.5 Å². The largest absolute Gasteiger partial charge is 0.394 e. The van der Waals surface area contributed by atoms with E-state index in [4.69, 9.17) is 0 Å². The summed E-state index contributed by atoms with van der Waals surface area (Å²) in [7, 11) is 0. The number of anilines is 1. The van der Waals surface area contributed by atoms with Crippen LogP contribution in [0.15, 0.2) is 42.5 Å². The number of aliphatic hydroxyl groups excluding tert-OH is 1. The average molecular weight is 284 g/mol. The van der Waals surface area contributed by atoms with E-state index in [-0.39, 0.29) is 18.7 Å². The van der Waals surface area contributed by atoms with Crippen LogP contribution in [-0.2, 0) is 0 Å². The van der Waals surface area contributed by atoms with Gasteiger partial charge in [0.15, 0.2) is 0 Å². The molecule has 0 spiro atoms. The molecule has 1 aliphatic heterocycles. The Labute approximate surface area is 124 Å². The fourth-order valence-corrected chi connectivity index (χ4v) is 2.98. The first-order valence-corrected chi connectivity index (χ1v) is 7.46. The zero-order valence-electron chi connectivity index (χ0n) is 12.0. The molecule has 4 nitrogen and oxygen atoms in total. The fourth-order valence-electron chi connectivity index (χ4n) is 2.98. The number of aliphatic hydroxyl groups is 1. The summed E-state index contributed by atoms with van der Waals surface area (Å²) in [6.07, 6.45) is 2.95. The van der Waals surface area contributed by atoms with E-state index >= 15 is 0 Å². The Hall–Kier alpha value is -2.07. The van der Waals surface area contributed by atoms with Gasteiger partial charge in [0.2, 0.25) is 0 Å². The molecular weight excluding hydrogens is 264 g/mol. The van der Waals surface area contributed by atoms with Gasteiger partial charge in [-0.1, -0.05) is 36.4 Å². The van der Waals surface area contributed by atoms with Gasteiger partial charge in [0, 0.05) is 11.9 Å². The molecule has 1 saturated heterocycles. The van der Waals surface area contributed by atoms with Crippen LogP contribution in [-0.4, -0.2) is 35.2 Å². The van der Waals surface area contributed by atoms with Crippen LogP contribution < -0.4 is 5.32 Å².